The molecule has 10 heterocycles. The number of hydrogen-bond donors (Lipinski definition) is 2. The highest BCUT2D eigenvalue weighted by molar-refractivity contribution is 8.01. The van der Waals surface area contributed by atoms with Gasteiger partial charge in [-0.15, -0.1) is 11.8 Å². The second kappa shape index (κ2) is 41.9. The van der Waals surface area contributed by atoms with Gasteiger partial charge in [0.25, 0.3) is 0 Å². The SMILES string of the molecule is CC(=O)OC1Sc2ccccc2C1=O.CN(C)c1ccc2c(c1)OCC2=O.COc1ccc2c(c1)OCC2=O.Cc1c(Cl)cc(Cl)c2c1C(=O)CO2.Cc1ccc(Cl)c2c1OCC2=O.O=C(O)CC1Sc2ccc(Cl)cc2C1=O.O=C1COc2ccc(C(F)(F)F)cc21.O=C1COc2ccc(Cl)cc21.O=C1COc2ccccc21.O=C1c2ccccc2SC1O. The third-order valence-electron chi connectivity index (χ3n) is 18.7. The van der Waals surface area contributed by atoms with Crippen LogP contribution in [0.15, 0.2) is 197 Å². The number of benzene rings is 10. The van der Waals surface area contributed by atoms with Crippen molar-refractivity contribution in [1.29, 1.82) is 0 Å². The number of carbonyl (C=O) groups excluding carboxylic acids is 11. The molecule has 125 heavy (non-hydrogen) atoms. The number of rotatable bonds is 5. The molecule has 10 aromatic rings. The van der Waals surface area contributed by atoms with E-state index in [2.05, 4.69) is 0 Å². The van der Waals surface area contributed by atoms with Crippen LogP contribution in [0, 0.1) is 13.8 Å². The lowest BCUT2D eigenvalue weighted by Crippen LogP contribution is -2.18. The normalized spacial score (nSPS) is 16.1. The maximum Gasteiger partial charge on any atom is 0.416 e. The van der Waals surface area contributed by atoms with Gasteiger partial charge in [-0.1, -0.05) is 136 Å². The molecular weight excluding hydrogens is 1790 g/mol. The molecule has 0 saturated carbocycles. The van der Waals surface area contributed by atoms with E-state index in [-0.39, 0.29) is 116 Å². The first-order valence-corrected chi connectivity index (χ1v) is 41.7. The van der Waals surface area contributed by atoms with Gasteiger partial charge in [-0.3, -0.25) is 57.5 Å². The molecule has 2 N–H and O–H groups in total. The van der Waals surface area contributed by atoms with Crippen LogP contribution in [0.5, 0.6) is 46.0 Å². The Labute approximate surface area is 749 Å². The molecule has 3 unspecified atom stereocenters. The number of aliphatic hydroxyl groups is 1. The Bertz CT molecular complexity index is 5990. The number of aryl methyl sites for hydroxylation is 1. The summed E-state index contributed by atoms with van der Waals surface area (Å²) in [7, 11) is 5.50. The third-order valence-corrected chi connectivity index (χ3v) is 23.6. The zero-order valence-corrected chi connectivity index (χ0v) is 72.6. The van der Waals surface area contributed by atoms with Crippen molar-refractivity contribution in [1.82, 2.24) is 0 Å². The summed E-state index contributed by atoms with van der Waals surface area (Å²) in [6, 6.07) is 50.8. The number of carbonyl (C=O) groups is 12. The van der Waals surface area contributed by atoms with E-state index in [4.69, 9.17) is 111 Å². The average molecular weight is 1860 g/mol. The number of ketones is 10. The summed E-state index contributed by atoms with van der Waals surface area (Å²) < 4.78 is 82.2. The van der Waals surface area contributed by atoms with Crippen molar-refractivity contribution in [3.63, 3.8) is 0 Å². The minimum Gasteiger partial charge on any atom is -0.497 e. The summed E-state index contributed by atoms with van der Waals surface area (Å²) in [6.07, 6.45) is -4.56. The second-order valence-electron chi connectivity index (χ2n) is 27.5. The van der Waals surface area contributed by atoms with E-state index in [1.165, 1.54) is 48.3 Å². The predicted octanol–water partition coefficient (Wildman–Crippen LogP) is 18.8. The molecule has 0 aliphatic carbocycles. The van der Waals surface area contributed by atoms with Crippen molar-refractivity contribution in [2.24, 2.45) is 0 Å². The number of aliphatic carboxylic acids is 1. The quantitative estimate of drug-likeness (QED) is 0.151. The predicted molar refractivity (Wildman–Crippen MR) is 462 cm³/mol. The number of ether oxygens (including phenoxy) is 9. The van der Waals surface area contributed by atoms with Crippen molar-refractivity contribution in [2.75, 3.05) is 72.4 Å². The number of alkyl halides is 3. The number of fused-ring (bicyclic) bond motifs is 10. The molecule has 10 aliphatic rings. The monoisotopic (exact) mass is 1860 g/mol. The van der Waals surface area contributed by atoms with Gasteiger partial charge in [0.05, 0.1) is 73.3 Å². The molecule has 24 nitrogen and oxygen atoms in total. The Morgan fingerprint density at radius 2 is 0.920 bits per heavy atom. The fraction of sp³-hybridized carbons (Fsp3) is 0.200. The van der Waals surface area contributed by atoms with Gasteiger partial charge in [-0.25, -0.2) is 0 Å². The fourth-order valence-corrected chi connectivity index (χ4v) is 16.8. The number of carboxylic acids is 1. The lowest BCUT2D eigenvalue weighted by atomic mass is 10.1. The number of methoxy groups -OCH3 is 1. The molecule has 0 amide bonds. The van der Waals surface area contributed by atoms with Crippen LogP contribution in [0.3, 0.4) is 0 Å². The Hall–Kier alpha value is -11.7. The van der Waals surface area contributed by atoms with Gasteiger partial charge < -0.3 is 57.7 Å². The first-order valence-electron chi connectivity index (χ1n) is 37.1. The number of halogens is 8. The molecular formula is C90H69Cl5F3NO23S3. The fourth-order valence-electron chi connectivity index (χ4n) is 12.5. The summed E-state index contributed by atoms with van der Waals surface area (Å²) >= 11 is 32.8. The minimum atomic E-state index is -4.42. The van der Waals surface area contributed by atoms with Crippen molar-refractivity contribution >= 4 is 169 Å². The van der Waals surface area contributed by atoms with Crippen LogP contribution in [0.25, 0.3) is 0 Å². The van der Waals surface area contributed by atoms with Crippen LogP contribution < -0.4 is 42.8 Å². The maximum atomic E-state index is 12.2. The van der Waals surface area contributed by atoms with Crippen LogP contribution in [-0.2, 0) is 20.5 Å². The standard InChI is InChI=1S/C10H7ClO3S.C10H11NO2.C10H8O3S.C9H6Cl2O2.C9H7ClO2.C9H5F3O2.C9H8O3.C8H5ClO2.C8H6O2S.C8H6O2/c11-5-1-2-7-6(3-5)10(14)8(15-7)4-9(12)13;1-11(2)7-3-4-8-9(12)6-13-10(8)5-7;1-6(11)13-10-9(12)7-4-2-3-5-8(7)14-10;1-4-5(10)2-6(11)9-8(4)7(12)3-13-9;1-5-2-3-6(10)8-7(11)4-12-9(5)8;10-9(11,12)5-1-2-8-6(3-5)7(13)4-14-8;1-11-6-2-3-7-8(10)5-12-9(7)4-6;9-5-1-2-8-6(3-5)7(10)4-11-8;9-7-5-3-1-2-4-6(5)11-8(7)10;9-7-5-10-8-4-2-1-3-6(7)8/h1-3,8H,4H2,(H,12,13);3-5H,6H2,1-2H3;2-5,10H,1H3;2H,3H2,1H3;2-3H,4H2,1H3;1-3H,4H2;2-4H,5H2,1H3;1-3H,4H2;1-4,8,10H;1-4H,5H2. The molecule has 0 saturated heterocycles. The Morgan fingerprint density at radius 3 is 1.47 bits per heavy atom. The minimum absolute atomic E-state index is 0.00231. The van der Waals surface area contributed by atoms with Crippen LogP contribution in [0.1, 0.15) is 134 Å². The number of thioether (sulfide) groups is 3. The van der Waals surface area contributed by atoms with Crippen LogP contribution >= 0.6 is 93.3 Å². The first-order chi connectivity index (χ1) is 59.5. The number of para-hydroxylation sites is 1. The molecule has 35 heteroatoms. The summed E-state index contributed by atoms with van der Waals surface area (Å²) in [5, 5.41) is 19.7. The third kappa shape index (κ3) is 23.3. The topological polar surface area (TPSA) is 332 Å². The van der Waals surface area contributed by atoms with Gasteiger partial charge in [0.1, 0.15) is 46.0 Å². The number of nitrogens with zero attached hydrogens (tertiary/aromatic N) is 1. The van der Waals surface area contributed by atoms with E-state index >= 15 is 0 Å². The number of carboxylic acid groups (broad SMARTS) is 1. The van der Waals surface area contributed by atoms with Crippen LogP contribution in [-0.4, -0.2) is 164 Å². The van der Waals surface area contributed by atoms with Crippen LogP contribution in [0.4, 0.5) is 18.9 Å². The lowest BCUT2D eigenvalue weighted by molar-refractivity contribution is -0.141. The van der Waals surface area contributed by atoms with E-state index in [1.54, 1.807) is 117 Å². The first kappa shape index (κ1) is 94.0. The largest absolute Gasteiger partial charge is 0.497 e. The van der Waals surface area contributed by atoms with E-state index < -0.39 is 45.6 Å². The lowest BCUT2D eigenvalue weighted by Gasteiger charge is -2.12. The number of esters is 1. The highest BCUT2D eigenvalue weighted by Gasteiger charge is 2.37. The second-order valence-corrected chi connectivity index (χ2v) is 33.0. The Morgan fingerprint density at radius 1 is 0.448 bits per heavy atom. The summed E-state index contributed by atoms with van der Waals surface area (Å²) in [5.41, 5.74) is 5.91. The zero-order chi connectivity index (χ0) is 90.4. The number of hydrogen-bond acceptors (Lipinski definition) is 26. The molecule has 0 bridgehead atoms. The van der Waals surface area contributed by atoms with E-state index in [0.717, 1.165) is 43.6 Å². The Balaban J connectivity index is 0.000000135. The van der Waals surface area contributed by atoms with E-state index in [1.807, 2.05) is 86.6 Å². The highest BCUT2D eigenvalue weighted by atomic mass is 35.5. The van der Waals surface area contributed by atoms with Crippen molar-refractivity contribution in [3.8, 4) is 46.0 Å². The maximum absolute atomic E-state index is 12.2. The number of Topliss-reactive ketones (excluding diaryl/α,β-unsaturated/α-hetero) is 10. The molecule has 0 radical (unpaired) electrons. The van der Waals surface area contributed by atoms with E-state index in [0.29, 0.717) is 115 Å². The smallest absolute Gasteiger partial charge is 0.416 e. The Kier molecular flexibility index (Phi) is 31.5. The molecule has 646 valence electrons. The molecule has 3 atom stereocenters. The number of anilines is 1. The van der Waals surface area contributed by atoms with Gasteiger partial charge in [0, 0.05) is 85.3 Å². The molecule has 0 fully saturated rings. The van der Waals surface area contributed by atoms with Crippen molar-refractivity contribution in [2.45, 2.75) is 64.2 Å². The molecule has 0 spiro atoms. The average Bonchev–Trinajstić information content (AvgIpc) is 1.66. The molecule has 20 rings (SSSR count). The van der Waals surface area contributed by atoms with E-state index in [9.17, 15) is 70.7 Å². The van der Waals surface area contributed by atoms with Gasteiger partial charge in [0.15, 0.2) is 57.5 Å². The summed E-state index contributed by atoms with van der Waals surface area (Å²) in [5.74, 6) is 2.59. The van der Waals surface area contributed by atoms with Gasteiger partial charge >= 0.3 is 18.1 Å². The van der Waals surface area contributed by atoms with Gasteiger partial charge in [0.2, 0.25) is 57.5 Å². The number of aliphatic hydroxyl groups excluding tert-OH is 1. The zero-order valence-electron chi connectivity index (χ0n) is 66.4. The molecule has 0 aromatic heterocycles. The van der Waals surface area contributed by atoms with Gasteiger partial charge in [-0.05, 0) is 140 Å². The van der Waals surface area contributed by atoms with Crippen LogP contribution in [0.2, 0.25) is 25.1 Å². The van der Waals surface area contributed by atoms with Gasteiger partial charge in [-0.2, -0.15) is 13.2 Å². The molecule has 10 aromatic carbocycles. The summed E-state index contributed by atoms with van der Waals surface area (Å²) in [4.78, 5) is 138. The van der Waals surface area contributed by atoms with Crippen molar-refractivity contribution in [3.05, 3.63) is 279 Å². The summed E-state index contributed by atoms with van der Waals surface area (Å²) in [6.45, 7) is 5.70. The highest BCUT2D eigenvalue weighted by Crippen LogP contribution is 2.44. The molecule has 10 aliphatic heterocycles. The van der Waals surface area contributed by atoms with Crippen molar-refractivity contribution < 1.29 is 124 Å².